The molecule has 1 fully saturated rings. The van der Waals surface area contributed by atoms with E-state index in [9.17, 15) is 13.2 Å². The molecule has 0 aliphatic carbocycles. The van der Waals surface area contributed by atoms with Crippen LogP contribution in [0.5, 0.6) is 0 Å². The number of likely N-dealkylation sites (N-methyl/N-ethyl adjacent to an activating group) is 1. The lowest BCUT2D eigenvalue weighted by Crippen LogP contribution is -2.52. The van der Waals surface area contributed by atoms with Crippen molar-refractivity contribution in [2.45, 2.75) is 31.8 Å². The minimum Gasteiger partial charge on any atom is -0.340 e. The molecule has 1 heterocycles. The molecule has 6 nitrogen and oxygen atoms in total. The van der Waals surface area contributed by atoms with Gasteiger partial charge in [-0.25, -0.2) is 13.1 Å². The van der Waals surface area contributed by atoms with Gasteiger partial charge in [-0.3, -0.25) is 4.79 Å². The number of likely N-dealkylation sites (tertiary alicyclic amines) is 1. The first-order valence-corrected chi connectivity index (χ1v) is 7.66. The van der Waals surface area contributed by atoms with Gasteiger partial charge in [-0.15, -0.1) is 0 Å². The van der Waals surface area contributed by atoms with Crippen LogP contribution in [0.15, 0.2) is 0 Å². The van der Waals surface area contributed by atoms with Crippen molar-refractivity contribution in [3.05, 3.63) is 0 Å². The Morgan fingerprint density at radius 1 is 1.47 bits per heavy atom. The van der Waals surface area contributed by atoms with Gasteiger partial charge in [0, 0.05) is 19.1 Å². The van der Waals surface area contributed by atoms with Gasteiger partial charge in [-0.05, 0) is 26.8 Å². The molecule has 2 unspecified atom stereocenters. The summed E-state index contributed by atoms with van der Waals surface area (Å²) in [6.07, 6.45) is 3.06. The largest absolute Gasteiger partial charge is 0.340 e. The highest BCUT2D eigenvalue weighted by molar-refractivity contribution is 7.88. The summed E-state index contributed by atoms with van der Waals surface area (Å²) < 4.78 is 24.4. The number of hydrogen-bond acceptors (Lipinski definition) is 4. The zero-order valence-corrected chi connectivity index (χ0v) is 11.4. The van der Waals surface area contributed by atoms with Gasteiger partial charge in [-0.1, -0.05) is 0 Å². The quantitative estimate of drug-likeness (QED) is 0.691. The highest BCUT2D eigenvalue weighted by Gasteiger charge is 2.27. The number of sulfonamides is 1. The van der Waals surface area contributed by atoms with E-state index in [4.69, 9.17) is 0 Å². The number of carbonyl (C=O) groups is 1. The van der Waals surface area contributed by atoms with Gasteiger partial charge < -0.3 is 10.2 Å². The molecule has 1 rings (SSSR count). The minimum absolute atomic E-state index is 0.157. The van der Waals surface area contributed by atoms with Crippen molar-refractivity contribution in [3.8, 4) is 0 Å². The third-order valence-electron chi connectivity index (χ3n) is 2.90. The highest BCUT2D eigenvalue weighted by Crippen LogP contribution is 2.11. The maximum Gasteiger partial charge on any atom is 0.240 e. The molecule has 1 aliphatic heterocycles. The number of amides is 1. The van der Waals surface area contributed by atoms with Crippen LogP contribution in [0.25, 0.3) is 0 Å². The Labute approximate surface area is 103 Å². The summed E-state index contributed by atoms with van der Waals surface area (Å²) >= 11 is 0. The number of nitrogens with one attached hydrogen (secondary N) is 2. The fourth-order valence-corrected chi connectivity index (χ4v) is 2.80. The topological polar surface area (TPSA) is 78.5 Å². The van der Waals surface area contributed by atoms with Gasteiger partial charge in [0.2, 0.25) is 15.9 Å². The molecule has 0 radical (unpaired) electrons. The normalized spacial score (nSPS) is 23.5. The molecule has 17 heavy (non-hydrogen) atoms. The molecule has 1 saturated heterocycles. The molecular formula is C10H21N3O3S. The van der Waals surface area contributed by atoms with E-state index in [1.54, 1.807) is 11.8 Å². The molecule has 0 saturated carbocycles. The van der Waals surface area contributed by atoms with E-state index in [0.29, 0.717) is 19.1 Å². The lowest BCUT2D eigenvalue weighted by atomic mass is 10.1. The van der Waals surface area contributed by atoms with Crippen LogP contribution < -0.4 is 10.0 Å². The van der Waals surface area contributed by atoms with Crippen LogP contribution in [-0.2, 0) is 14.8 Å². The van der Waals surface area contributed by atoms with E-state index < -0.39 is 16.1 Å². The van der Waals surface area contributed by atoms with Crippen molar-refractivity contribution in [1.82, 2.24) is 14.9 Å². The molecule has 0 spiro atoms. The summed E-state index contributed by atoms with van der Waals surface area (Å²) in [7, 11) is -1.47. The Bertz CT molecular complexity index is 369. The van der Waals surface area contributed by atoms with Crippen molar-refractivity contribution in [3.63, 3.8) is 0 Å². The van der Waals surface area contributed by atoms with Gasteiger partial charge in [0.15, 0.2) is 0 Å². The first-order chi connectivity index (χ1) is 7.83. The Balaban J connectivity index is 2.57. The molecule has 1 aliphatic rings. The van der Waals surface area contributed by atoms with Gasteiger partial charge >= 0.3 is 0 Å². The lowest BCUT2D eigenvalue weighted by molar-refractivity contribution is -0.133. The van der Waals surface area contributed by atoms with E-state index >= 15 is 0 Å². The number of nitrogens with zero attached hydrogens (tertiary/aromatic N) is 1. The molecule has 2 N–H and O–H groups in total. The number of carbonyl (C=O) groups excluding carboxylic acids is 1. The van der Waals surface area contributed by atoms with Crippen LogP contribution in [0, 0.1) is 0 Å². The molecule has 0 bridgehead atoms. The van der Waals surface area contributed by atoms with E-state index in [2.05, 4.69) is 10.0 Å². The second-order valence-corrected chi connectivity index (χ2v) is 6.30. The molecule has 100 valence electrons. The van der Waals surface area contributed by atoms with Crippen LogP contribution in [0.4, 0.5) is 0 Å². The van der Waals surface area contributed by atoms with E-state index in [1.807, 2.05) is 7.05 Å². The molecule has 1 amide bonds. The van der Waals surface area contributed by atoms with Gasteiger partial charge in [-0.2, -0.15) is 0 Å². The Morgan fingerprint density at radius 3 is 2.65 bits per heavy atom. The molecule has 0 aromatic heterocycles. The van der Waals surface area contributed by atoms with Crippen molar-refractivity contribution < 1.29 is 13.2 Å². The van der Waals surface area contributed by atoms with Crippen molar-refractivity contribution in [2.75, 3.05) is 26.4 Å². The van der Waals surface area contributed by atoms with Crippen LogP contribution >= 0.6 is 0 Å². The second kappa shape index (κ2) is 5.79. The highest BCUT2D eigenvalue weighted by atomic mass is 32.2. The number of hydrogen-bond donors (Lipinski definition) is 2. The summed E-state index contributed by atoms with van der Waals surface area (Å²) in [5.74, 6) is -0.157. The van der Waals surface area contributed by atoms with Crippen molar-refractivity contribution >= 4 is 15.9 Å². The molecule has 0 aromatic rings. The maximum atomic E-state index is 12.0. The predicted molar refractivity (Wildman–Crippen MR) is 66.1 cm³/mol. The zero-order chi connectivity index (χ0) is 13.1. The minimum atomic E-state index is -3.34. The zero-order valence-electron chi connectivity index (χ0n) is 10.6. The summed E-state index contributed by atoms with van der Waals surface area (Å²) in [5.41, 5.74) is 0. The molecular weight excluding hydrogens is 242 g/mol. The molecule has 7 heteroatoms. The molecule has 2 atom stereocenters. The summed E-state index contributed by atoms with van der Waals surface area (Å²) in [4.78, 5) is 13.7. The smallest absolute Gasteiger partial charge is 0.240 e. The predicted octanol–water partition coefficient (Wildman–Crippen LogP) is -0.865. The SMILES string of the molecule is CNC1CCCN(C(=O)C(C)NS(C)(=O)=O)C1. The van der Waals surface area contributed by atoms with Gasteiger partial charge in [0.1, 0.15) is 0 Å². The van der Waals surface area contributed by atoms with E-state index in [1.165, 1.54) is 0 Å². The fraction of sp³-hybridized carbons (Fsp3) is 0.900. The lowest BCUT2D eigenvalue weighted by Gasteiger charge is -2.34. The van der Waals surface area contributed by atoms with E-state index in [0.717, 1.165) is 19.1 Å². The first-order valence-electron chi connectivity index (χ1n) is 5.77. The fourth-order valence-electron chi connectivity index (χ4n) is 2.06. The Morgan fingerprint density at radius 2 is 2.12 bits per heavy atom. The number of piperidine rings is 1. The Hall–Kier alpha value is -0.660. The van der Waals surface area contributed by atoms with Crippen LogP contribution in [0.1, 0.15) is 19.8 Å². The maximum absolute atomic E-state index is 12.0. The monoisotopic (exact) mass is 263 g/mol. The van der Waals surface area contributed by atoms with Gasteiger partial charge in [0.05, 0.1) is 12.3 Å². The van der Waals surface area contributed by atoms with Gasteiger partial charge in [0.25, 0.3) is 0 Å². The van der Waals surface area contributed by atoms with Crippen molar-refractivity contribution in [2.24, 2.45) is 0 Å². The first kappa shape index (κ1) is 14.4. The molecule has 0 aromatic carbocycles. The third-order valence-corrected chi connectivity index (χ3v) is 3.68. The van der Waals surface area contributed by atoms with Crippen molar-refractivity contribution in [1.29, 1.82) is 0 Å². The average molecular weight is 263 g/mol. The van der Waals surface area contributed by atoms with Crippen LogP contribution in [0.3, 0.4) is 0 Å². The average Bonchev–Trinajstić information content (AvgIpc) is 2.26. The van der Waals surface area contributed by atoms with Crippen LogP contribution in [0.2, 0.25) is 0 Å². The summed E-state index contributed by atoms with van der Waals surface area (Å²) in [6, 6.07) is -0.390. The van der Waals surface area contributed by atoms with Crippen LogP contribution in [-0.4, -0.2) is 57.7 Å². The standard InChI is InChI=1S/C10H21N3O3S/c1-8(12-17(3,15)16)10(14)13-6-4-5-9(7-13)11-2/h8-9,11-12H,4-7H2,1-3H3. The second-order valence-electron chi connectivity index (χ2n) is 4.52. The number of rotatable bonds is 4. The summed E-state index contributed by atoms with van der Waals surface area (Å²) in [6.45, 7) is 2.92. The van der Waals surface area contributed by atoms with E-state index in [-0.39, 0.29) is 5.91 Å². The Kier molecular flexibility index (Phi) is 4.91. The summed E-state index contributed by atoms with van der Waals surface area (Å²) in [5, 5.41) is 3.14. The third kappa shape index (κ3) is 4.61.